The zero-order valence-corrected chi connectivity index (χ0v) is 19.0. The Kier molecular flexibility index (Phi) is 8.16. The first-order valence-electron chi connectivity index (χ1n) is 9.20. The zero-order valence-electron chi connectivity index (χ0n) is 16.7. The summed E-state index contributed by atoms with van der Waals surface area (Å²) >= 11 is 0. The molecule has 1 fully saturated rings. The molecule has 1 aliphatic heterocycles. The standard InChI is InChI=1S/C20H28N6O.HI/c1-21-20(23-15-16-7-6-10-22-19(16)24(2)3)26-13-11-25(12-14-26)17-8-4-5-9-18(17)27;/h4-10,27H,11-15H2,1-3H3,(H,21,23);1H. The first kappa shape index (κ1) is 22.1. The molecule has 2 aromatic rings. The number of para-hydroxylation sites is 2. The number of aliphatic imine (C=N–C) groups is 1. The number of halogens is 1. The molecule has 0 radical (unpaired) electrons. The van der Waals surface area contributed by atoms with Gasteiger partial charge in [-0.15, -0.1) is 24.0 Å². The number of piperazine rings is 1. The molecule has 2 N–H and O–H groups in total. The van der Waals surface area contributed by atoms with Crippen LogP contribution in [0.1, 0.15) is 5.56 Å². The third-order valence-electron chi connectivity index (χ3n) is 4.74. The molecule has 2 heterocycles. The van der Waals surface area contributed by atoms with Gasteiger partial charge in [0, 0.05) is 65.6 Å². The Morgan fingerprint density at radius 2 is 1.86 bits per heavy atom. The van der Waals surface area contributed by atoms with E-state index in [9.17, 15) is 5.11 Å². The quantitative estimate of drug-likeness (QED) is 0.385. The van der Waals surface area contributed by atoms with E-state index in [1.807, 2.05) is 56.5 Å². The van der Waals surface area contributed by atoms with Gasteiger partial charge < -0.3 is 25.1 Å². The van der Waals surface area contributed by atoms with Gasteiger partial charge in [-0.05, 0) is 18.2 Å². The molecule has 152 valence electrons. The normalized spacial score (nSPS) is 14.5. The van der Waals surface area contributed by atoms with Crippen LogP contribution >= 0.6 is 24.0 Å². The number of pyridine rings is 1. The lowest BCUT2D eigenvalue weighted by atomic mass is 10.2. The summed E-state index contributed by atoms with van der Waals surface area (Å²) in [6, 6.07) is 11.5. The zero-order chi connectivity index (χ0) is 19.2. The van der Waals surface area contributed by atoms with E-state index in [0.29, 0.717) is 12.3 Å². The van der Waals surface area contributed by atoms with Crippen LogP contribution in [0.2, 0.25) is 0 Å². The highest BCUT2D eigenvalue weighted by molar-refractivity contribution is 14.0. The van der Waals surface area contributed by atoms with Gasteiger partial charge in [0.25, 0.3) is 0 Å². The van der Waals surface area contributed by atoms with Gasteiger partial charge in [0.1, 0.15) is 11.6 Å². The van der Waals surface area contributed by atoms with Gasteiger partial charge in [0.2, 0.25) is 0 Å². The van der Waals surface area contributed by atoms with E-state index in [-0.39, 0.29) is 24.0 Å². The minimum absolute atomic E-state index is 0. The van der Waals surface area contributed by atoms with E-state index >= 15 is 0 Å². The van der Waals surface area contributed by atoms with Crippen molar-refractivity contribution in [2.75, 3.05) is 57.1 Å². The molecule has 7 nitrogen and oxygen atoms in total. The van der Waals surface area contributed by atoms with Crippen LogP contribution in [0.4, 0.5) is 11.5 Å². The Bertz CT molecular complexity index is 790. The van der Waals surface area contributed by atoms with Crippen molar-refractivity contribution in [2.24, 2.45) is 4.99 Å². The molecule has 0 unspecified atom stereocenters. The highest BCUT2D eigenvalue weighted by Crippen LogP contribution is 2.27. The summed E-state index contributed by atoms with van der Waals surface area (Å²) in [4.78, 5) is 15.4. The minimum Gasteiger partial charge on any atom is -0.506 e. The van der Waals surface area contributed by atoms with E-state index in [1.54, 1.807) is 6.07 Å². The monoisotopic (exact) mass is 496 g/mol. The number of rotatable bonds is 4. The predicted molar refractivity (Wildman–Crippen MR) is 126 cm³/mol. The number of aromatic nitrogens is 1. The molecule has 1 aromatic heterocycles. The third kappa shape index (κ3) is 5.18. The fourth-order valence-corrected chi connectivity index (χ4v) is 3.37. The minimum atomic E-state index is 0. The fraction of sp³-hybridized carbons (Fsp3) is 0.400. The molecule has 1 aromatic carbocycles. The van der Waals surface area contributed by atoms with Crippen LogP contribution < -0.4 is 15.1 Å². The number of phenolic OH excluding ortho intramolecular Hbond substituents is 1. The summed E-state index contributed by atoms with van der Waals surface area (Å²) in [6.45, 7) is 4.05. The number of benzene rings is 1. The molecule has 28 heavy (non-hydrogen) atoms. The molecule has 0 aliphatic carbocycles. The molecule has 0 atom stereocenters. The summed E-state index contributed by atoms with van der Waals surface area (Å²) in [5, 5.41) is 13.5. The number of guanidine groups is 1. The Hall–Kier alpha value is -2.23. The van der Waals surface area contributed by atoms with Crippen LogP contribution in [0.5, 0.6) is 5.75 Å². The lowest BCUT2D eigenvalue weighted by Crippen LogP contribution is -2.52. The van der Waals surface area contributed by atoms with Crippen molar-refractivity contribution in [1.29, 1.82) is 0 Å². The van der Waals surface area contributed by atoms with Gasteiger partial charge in [0.15, 0.2) is 5.96 Å². The van der Waals surface area contributed by atoms with Gasteiger partial charge in [0.05, 0.1) is 5.69 Å². The van der Waals surface area contributed by atoms with Crippen molar-refractivity contribution < 1.29 is 5.11 Å². The summed E-state index contributed by atoms with van der Waals surface area (Å²) in [6.07, 6.45) is 1.81. The van der Waals surface area contributed by atoms with Crippen LogP contribution in [0, 0.1) is 0 Å². The van der Waals surface area contributed by atoms with Crippen LogP contribution in [0.3, 0.4) is 0 Å². The summed E-state index contributed by atoms with van der Waals surface area (Å²) in [7, 11) is 5.81. The molecule has 0 bridgehead atoms. The molecule has 3 rings (SSSR count). The topological polar surface area (TPSA) is 67.2 Å². The maximum Gasteiger partial charge on any atom is 0.194 e. The number of hydrogen-bond donors (Lipinski definition) is 2. The van der Waals surface area contributed by atoms with E-state index in [0.717, 1.165) is 49.2 Å². The van der Waals surface area contributed by atoms with Crippen molar-refractivity contribution in [3.63, 3.8) is 0 Å². The molecular formula is C20H29IN6O. The van der Waals surface area contributed by atoms with Crippen LogP contribution in [0.15, 0.2) is 47.6 Å². The predicted octanol–water partition coefficient (Wildman–Crippen LogP) is 2.37. The van der Waals surface area contributed by atoms with Gasteiger partial charge in [-0.3, -0.25) is 4.99 Å². The molecule has 1 aliphatic rings. The lowest BCUT2D eigenvalue weighted by molar-refractivity contribution is 0.369. The molecule has 0 saturated carbocycles. The summed E-state index contributed by atoms with van der Waals surface area (Å²) < 4.78 is 0. The number of phenols is 1. The second-order valence-electron chi connectivity index (χ2n) is 6.74. The number of hydrogen-bond acceptors (Lipinski definition) is 5. The van der Waals surface area contributed by atoms with E-state index < -0.39 is 0 Å². The first-order valence-corrected chi connectivity index (χ1v) is 9.20. The van der Waals surface area contributed by atoms with E-state index in [4.69, 9.17) is 0 Å². The number of nitrogens with one attached hydrogen (secondary N) is 1. The average molecular weight is 496 g/mol. The van der Waals surface area contributed by atoms with Gasteiger partial charge in [-0.25, -0.2) is 4.98 Å². The maximum absolute atomic E-state index is 10.1. The highest BCUT2D eigenvalue weighted by Gasteiger charge is 2.21. The van der Waals surface area contributed by atoms with E-state index in [2.05, 4.69) is 31.2 Å². The van der Waals surface area contributed by atoms with Gasteiger partial charge >= 0.3 is 0 Å². The molecule has 8 heteroatoms. The Balaban J connectivity index is 0.00000280. The SMILES string of the molecule is CN=C(NCc1cccnc1N(C)C)N1CCN(c2ccccc2O)CC1.I. The average Bonchev–Trinajstić information content (AvgIpc) is 2.69. The van der Waals surface area contributed by atoms with Crippen molar-refractivity contribution in [2.45, 2.75) is 6.54 Å². The van der Waals surface area contributed by atoms with Crippen LogP contribution in [-0.2, 0) is 6.54 Å². The largest absolute Gasteiger partial charge is 0.506 e. The summed E-state index contributed by atoms with van der Waals surface area (Å²) in [5.74, 6) is 2.19. The fourth-order valence-electron chi connectivity index (χ4n) is 3.37. The molecule has 1 saturated heterocycles. The van der Waals surface area contributed by atoms with Crippen molar-refractivity contribution in [3.8, 4) is 5.75 Å². The van der Waals surface area contributed by atoms with Crippen LogP contribution in [-0.4, -0.2) is 68.3 Å². The van der Waals surface area contributed by atoms with Crippen molar-refractivity contribution >= 4 is 41.4 Å². The van der Waals surface area contributed by atoms with Crippen molar-refractivity contribution in [3.05, 3.63) is 48.2 Å². The first-order chi connectivity index (χ1) is 13.1. The number of anilines is 2. The Labute approximate surface area is 184 Å². The second-order valence-corrected chi connectivity index (χ2v) is 6.74. The van der Waals surface area contributed by atoms with E-state index in [1.165, 1.54) is 0 Å². The second kappa shape index (κ2) is 10.4. The molecule has 0 spiro atoms. The smallest absolute Gasteiger partial charge is 0.194 e. The number of nitrogens with zero attached hydrogens (tertiary/aromatic N) is 5. The Morgan fingerprint density at radius 1 is 1.14 bits per heavy atom. The maximum atomic E-state index is 10.1. The summed E-state index contributed by atoms with van der Waals surface area (Å²) in [5.41, 5.74) is 2.03. The third-order valence-corrected chi connectivity index (χ3v) is 4.74. The van der Waals surface area contributed by atoms with Crippen molar-refractivity contribution in [1.82, 2.24) is 15.2 Å². The molecular weight excluding hydrogens is 467 g/mol. The van der Waals surface area contributed by atoms with Gasteiger partial charge in [-0.2, -0.15) is 0 Å². The lowest BCUT2D eigenvalue weighted by Gasteiger charge is -2.37. The van der Waals surface area contributed by atoms with Crippen LogP contribution in [0.25, 0.3) is 0 Å². The Morgan fingerprint density at radius 3 is 2.50 bits per heavy atom. The number of aromatic hydroxyl groups is 1. The van der Waals surface area contributed by atoms with Gasteiger partial charge in [-0.1, -0.05) is 18.2 Å². The molecule has 0 amide bonds. The highest BCUT2D eigenvalue weighted by atomic mass is 127.